The van der Waals surface area contributed by atoms with Gasteiger partial charge >= 0.3 is 5.56 Å². The number of benzene rings is 2. The number of thioether (sulfide) groups is 1. The van der Waals surface area contributed by atoms with Gasteiger partial charge in [0.05, 0.1) is 18.6 Å². The van der Waals surface area contributed by atoms with Crippen LogP contribution in [0.5, 0.6) is 5.75 Å². The molecule has 0 aliphatic carbocycles. The minimum absolute atomic E-state index is 0.0534. The summed E-state index contributed by atoms with van der Waals surface area (Å²) in [5, 5.41) is 9.13. The predicted molar refractivity (Wildman–Crippen MR) is 116 cm³/mol. The summed E-state index contributed by atoms with van der Waals surface area (Å²) in [7, 11) is 1.57. The molecule has 2 heterocycles. The predicted octanol–water partition coefficient (Wildman–Crippen LogP) is 3.83. The summed E-state index contributed by atoms with van der Waals surface area (Å²) in [6.07, 6.45) is 3.35. The van der Waals surface area contributed by atoms with Crippen molar-refractivity contribution in [2.24, 2.45) is 0 Å². The summed E-state index contributed by atoms with van der Waals surface area (Å²) in [6.45, 7) is 1.90. The Hall–Kier alpha value is -3.10. The molecule has 2 aromatic carbocycles. The van der Waals surface area contributed by atoms with Crippen LogP contribution in [0.15, 0.2) is 64.8 Å². The third-order valence-electron chi connectivity index (χ3n) is 4.61. The molecule has 0 bridgehead atoms. The maximum absolute atomic E-state index is 12.9. The van der Waals surface area contributed by atoms with Crippen LogP contribution in [0.1, 0.15) is 15.9 Å². The Morgan fingerprint density at radius 2 is 1.90 bits per heavy atom. The second kappa shape index (κ2) is 8.33. The van der Waals surface area contributed by atoms with Crippen molar-refractivity contribution < 1.29 is 9.53 Å². The number of ether oxygens (including phenoxy) is 1. The van der Waals surface area contributed by atoms with Crippen molar-refractivity contribution in [3.05, 3.63) is 81.4 Å². The lowest BCUT2D eigenvalue weighted by atomic mass is 10.1. The molecule has 0 spiro atoms. The van der Waals surface area contributed by atoms with Crippen molar-refractivity contribution in [1.82, 2.24) is 19.2 Å². The molecule has 2 aromatic heterocycles. The minimum Gasteiger partial charge on any atom is -0.497 e. The number of methoxy groups -OCH3 is 1. The van der Waals surface area contributed by atoms with Crippen LogP contribution >= 0.6 is 23.4 Å². The van der Waals surface area contributed by atoms with Crippen LogP contribution in [0.4, 0.5) is 0 Å². The molecule has 0 saturated heterocycles. The van der Waals surface area contributed by atoms with Gasteiger partial charge in [0.2, 0.25) is 5.65 Å². The Morgan fingerprint density at radius 1 is 1.13 bits per heavy atom. The molecule has 0 aliphatic heterocycles. The smallest absolute Gasteiger partial charge is 0.300 e. The van der Waals surface area contributed by atoms with Crippen LogP contribution in [0.2, 0.25) is 5.02 Å². The Kier molecular flexibility index (Phi) is 5.61. The maximum atomic E-state index is 12.9. The first kappa shape index (κ1) is 20.2. The summed E-state index contributed by atoms with van der Waals surface area (Å²) in [5.41, 5.74) is 2.03. The van der Waals surface area contributed by atoms with Gasteiger partial charge in [0.1, 0.15) is 5.75 Å². The summed E-state index contributed by atoms with van der Waals surface area (Å²) in [4.78, 5) is 25.4. The number of hydrogen-bond acceptors (Lipinski definition) is 6. The second-order valence-corrected chi connectivity index (χ2v) is 7.90. The highest BCUT2D eigenvalue weighted by atomic mass is 35.5. The minimum atomic E-state index is -0.316. The van der Waals surface area contributed by atoms with Crippen molar-refractivity contribution in [2.45, 2.75) is 12.1 Å². The molecule has 152 valence electrons. The number of carbonyl (C=O) groups excluding carboxylic acids is 1. The van der Waals surface area contributed by atoms with Gasteiger partial charge in [-0.15, -0.1) is 10.2 Å². The number of rotatable bonds is 6. The number of halogens is 1. The van der Waals surface area contributed by atoms with E-state index in [1.54, 1.807) is 60.3 Å². The Balaban J connectivity index is 1.59. The van der Waals surface area contributed by atoms with E-state index >= 15 is 0 Å². The second-order valence-electron chi connectivity index (χ2n) is 6.52. The van der Waals surface area contributed by atoms with E-state index in [2.05, 4.69) is 10.2 Å². The number of fused-ring (bicyclic) bond motifs is 1. The van der Waals surface area contributed by atoms with E-state index in [1.807, 2.05) is 13.0 Å². The molecule has 0 atom stereocenters. The van der Waals surface area contributed by atoms with Gasteiger partial charge in [0.15, 0.2) is 10.9 Å². The van der Waals surface area contributed by atoms with E-state index in [4.69, 9.17) is 16.3 Å². The fourth-order valence-corrected chi connectivity index (χ4v) is 3.96. The molecule has 0 N–H and O–H groups in total. The van der Waals surface area contributed by atoms with Crippen LogP contribution in [-0.4, -0.2) is 37.8 Å². The molecule has 7 nitrogen and oxygen atoms in total. The highest BCUT2D eigenvalue weighted by molar-refractivity contribution is 7.99. The van der Waals surface area contributed by atoms with Crippen molar-refractivity contribution >= 4 is 34.8 Å². The Morgan fingerprint density at radius 3 is 2.63 bits per heavy atom. The fourth-order valence-electron chi connectivity index (χ4n) is 2.99. The van der Waals surface area contributed by atoms with Gasteiger partial charge in [-0.1, -0.05) is 29.4 Å². The Labute approximate surface area is 181 Å². The van der Waals surface area contributed by atoms with Gasteiger partial charge in [-0.3, -0.25) is 18.6 Å². The highest BCUT2D eigenvalue weighted by Gasteiger charge is 2.15. The number of Topliss-reactive ketones (excluding diaryl/α,β-unsaturated/α-hetero) is 1. The quantitative estimate of drug-likeness (QED) is 0.335. The largest absolute Gasteiger partial charge is 0.497 e. The van der Waals surface area contributed by atoms with Crippen LogP contribution in [0.25, 0.3) is 11.3 Å². The molecule has 9 heteroatoms. The van der Waals surface area contributed by atoms with E-state index in [9.17, 15) is 9.59 Å². The van der Waals surface area contributed by atoms with Crippen LogP contribution in [-0.2, 0) is 0 Å². The van der Waals surface area contributed by atoms with E-state index in [1.165, 1.54) is 16.3 Å². The van der Waals surface area contributed by atoms with Gasteiger partial charge in [0, 0.05) is 23.0 Å². The number of hydrogen-bond donors (Lipinski definition) is 0. The number of aryl methyl sites for hydroxylation is 1. The summed E-state index contributed by atoms with van der Waals surface area (Å²) < 4.78 is 8.18. The number of aromatic nitrogens is 4. The van der Waals surface area contributed by atoms with Crippen molar-refractivity contribution in [1.29, 1.82) is 0 Å². The molecule has 0 amide bonds. The monoisotopic (exact) mass is 440 g/mol. The summed E-state index contributed by atoms with van der Waals surface area (Å²) in [5.74, 6) is 0.806. The van der Waals surface area contributed by atoms with Crippen LogP contribution in [0.3, 0.4) is 0 Å². The first-order valence-electron chi connectivity index (χ1n) is 9.01. The van der Waals surface area contributed by atoms with E-state index in [0.29, 0.717) is 27.2 Å². The molecule has 0 saturated carbocycles. The third-order valence-corrected chi connectivity index (χ3v) is 5.79. The van der Waals surface area contributed by atoms with E-state index in [0.717, 1.165) is 5.56 Å². The molecule has 4 aromatic rings. The van der Waals surface area contributed by atoms with Crippen LogP contribution in [0, 0.1) is 6.92 Å². The van der Waals surface area contributed by atoms with E-state index < -0.39 is 0 Å². The van der Waals surface area contributed by atoms with Gasteiger partial charge < -0.3 is 4.74 Å². The molecule has 30 heavy (non-hydrogen) atoms. The van der Waals surface area contributed by atoms with Crippen molar-refractivity contribution in [3.8, 4) is 11.4 Å². The van der Waals surface area contributed by atoms with Crippen LogP contribution < -0.4 is 10.3 Å². The van der Waals surface area contributed by atoms with Gasteiger partial charge in [-0.2, -0.15) is 0 Å². The van der Waals surface area contributed by atoms with Gasteiger partial charge in [-0.05, 0) is 48.9 Å². The standard InChI is InChI=1S/C21H17ClN4O3S/c1-13-3-6-15(22)11-17(13)25-9-10-26-19(20(25)28)23-24-21(26)30-12-18(27)14-4-7-16(29-2)8-5-14/h3-11H,12H2,1-2H3. The summed E-state index contributed by atoms with van der Waals surface area (Å²) >= 11 is 7.31. The molecule has 4 rings (SSSR count). The van der Waals surface area contributed by atoms with Crippen molar-refractivity contribution in [2.75, 3.05) is 12.9 Å². The lowest BCUT2D eigenvalue weighted by molar-refractivity contribution is 0.102. The first-order chi connectivity index (χ1) is 14.5. The zero-order valence-electron chi connectivity index (χ0n) is 16.2. The zero-order valence-corrected chi connectivity index (χ0v) is 17.8. The molecule has 0 unspecified atom stereocenters. The molecule has 0 fully saturated rings. The fraction of sp³-hybridized carbons (Fsp3) is 0.143. The molecular weight excluding hydrogens is 424 g/mol. The van der Waals surface area contributed by atoms with Gasteiger partial charge in [0.25, 0.3) is 0 Å². The average Bonchev–Trinajstić information content (AvgIpc) is 3.18. The molecule has 0 radical (unpaired) electrons. The normalized spacial score (nSPS) is 11.0. The maximum Gasteiger partial charge on any atom is 0.300 e. The highest BCUT2D eigenvalue weighted by Crippen LogP contribution is 2.21. The number of nitrogens with zero attached hydrogens (tertiary/aromatic N) is 4. The topological polar surface area (TPSA) is 78.5 Å². The number of ketones is 1. The SMILES string of the molecule is COc1ccc(C(=O)CSc2nnc3c(=O)n(-c4cc(Cl)ccc4C)ccn23)cc1. The average molecular weight is 441 g/mol. The molecular formula is C21H17ClN4O3S. The Bertz CT molecular complexity index is 1300. The van der Waals surface area contributed by atoms with E-state index in [-0.39, 0.29) is 22.7 Å². The first-order valence-corrected chi connectivity index (χ1v) is 10.4. The molecule has 0 aliphatic rings. The van der Waals surface area contributed by atoms with Gasteiger partial charge in [-0.25, -0.2) is 0 Å². The number of carbonyl (C=O) groups is 1. The third kappa shape index (κ3) is 3.83. The summed E-state index contributed by atoms with van der Waals surface area (Å²) in [6, 6.07) is 12.3. The lowest BCUT2D eigenvalue weighted by Gasteiger charge is -2.10. The zero-order chi connectivity index (χ0) is 21.3. The van der Waals surface area contributed by atoms with Crippen molar-refractivity contribution in [3.63, 3.8) is 0 Å². The lowest BCUT2D eigenvalue weighted by Crippen LogP contribution is -2.21.